The van der Waals surface area contributed by atoms with E-state index in [1.807, 2.05) is 0 Å². The van der Waals surface area contributed by atoms with E-state index in [0.717, 1.165) is 17.9 Å². The van der Waals surface area contributed by atoms with Gasteiger partial charge in [-0.2, -0.15) is 0 Å². The van der Waals surface area contributed by atoms with Gasteiger partial charge in [-0.15, -0.1) is 0 Å². The van der Waals surface area contributed by atoms with Crippen LogP contribution in [-0.4, -0.2) is 12.6 Å². The van der Waals surface area contributed by atoms with Crippen LogP contribution >= 0.6 is 0 Å². The van der Waals surface area contributed by atoms with Gasteiger partial charge < -0.3 is 5.32 Å². The smallest absolute Gasteiger partial charge is 0.00683 e. The number of benzene rings is 1. The lowest BCUT2D eigenvalue weighted by Crippen LogP contribution is -2.26. The summed E-state index contributed by atoms with van der Waals surface area (Å²) in [6.45, 7) is 5.78. The van der Waals surface area contributed by atoms with Crippen LogP contribution in [0.15, 0.2) is 18.2 Å². The maximum Gasteiger partial charge on any atom is 0.00683 e. The molecule has 0 saturated heterocycles. The fourth-order valence-corrected chi connectivity index (χ4v) is 3.47. The average molecular weight is 243 g/mol. The molecule has 2 unspecified atom stereocenters. The van der Waals surface area contributed by atoms with Gasteiger partial charge in [0, 0.05) is 6.04 Å². The molecule has 1 heteroatoms. The van der Waals surface area contributed by atoms with Gasteiger partial charge in [0.2, 0.25) is 0 Å². The summed E-state index contributed by atoms with van der Waals surface area (Å²) in [6.07, 6.45) is 7.02. The van der Waals surface area contributed by atoms with Crippen molar-refractivity contribution in [2.24, 2.45) is 5.92 Å². The zero-order valence-electron chi connectivity index (χ0n) is 11.7. The third-order valence-corrected chi connectivity index (χ3v) is 4.95. The summed E-state index contributed by atoms with van der Waals surface area (Å²) in [4.78, 5) is 0. The fraction of sp³-hybridized carbons (Fsp3) is 0.647. The predicted octanol–water partition coefficient (Wildman–Crippen LogP) is 3.94. The first kappa shape index (κ1) is 12.2. The number of hydrogen-bond donors (Lipinski definition) is 1. The fourth-order valence-electron chi connectivity index (χ4n) is 3.47. The first-order chi connectivity index (χ1) is 8.75. The summed E-state index contributed by atoms with van der Waals surface area (Å²) >= 11 is 0. The standard InChI is InChI=1S/C17H25N/c1-12-5-3-7-16(13(12)2)17-8-4-6-14(17)11-18-15-9-10-15/h3,5,7,14-15,17-18H,4,6,8-11H2,1-2H3. The normalized spacial score (nSPS) is 27.7. The van der Waals surface area contributed by atoms with Gasteiger partial charge in [0.05, 0.1) is 0 Å². The lowest BCUT2D eigenvalue weighted by Gasteiger charge is -2.23. The van der Waals surface area contributed by atoms with E-state index >= 15 is 0 Å². The molecule has 1 aromatic carbocycles. The van der Waals surface area contributed by atoms with E-state index < -0.39 is 0 Å². The highest BCUT2D eigenvalue weighted by molar-refractivity contribution is 5.36. The molecule has 2 aliphatic rings. The highest BCUT2D eigenvalue weighted by atomic mass is 14.9. The van der Waals surface area contributed by atoms with Crippen molar-refractivity contribution < 1.29 is 0 Å². The molecule has 2 atom stereocenters. The van der Waals surface area contributed by atoms with Crippen LogP contribution in [-0.2, 0) is 0 Å². The van der Waals surface area contributed by atoms with E-state index in [1.54, 1.807) is 5.56 Å². The first-order valence-electron chi connectivity index (χ1n) is 7.55. The van der Waals surface area contributed by atoms with Crippen molar-refractivity contribution in [1.82, 2.24) is 5.32 Å². The summed E-state index contributed by atoms with van der Waals surface area (Å²) in [5, 5.41) is 3.73. The molecule has 0 aromatic heterocycles. The monoisotopic (exact) mass is 243 g/mol. The lowest BCUT2D eigenvalue weighted by molar-refractivity contribution is 0.441. The maximum absolute atomic E-state index is 3.73. The van der Waals surface area contributed by atoms with Crippen molar-refractivity contribution in [3.8, 4) is 0 Å². The number of rotatable bonds is 4. The van der Waals surface area contributed by atoms with Crippen LogP contribution in [0.4, 0.5) is 0 Å². The molecule has 18 heavy (non-hydrogen) atoms. The Bertz CT molecular complexity index is 420. The summed E-state index contributed by atoms with van der Waals surface area (Å²) in [7, 11) is 0. The molecule has 2 saturated carbocycles. The zero-order chi connectivity index (χ0) is 12.5. The Morgan fingerprint density at radius 2 is 1.94 bits per heavy atom. The second-order valence-corrected chi connectivity index (χ2v) is 6.27. The van der Waals surface area contributed by atoms with Crippen LogP contribution in [0.25, 0.3) is 0 Å². The van der Waals surface area contributed by atoms with E-state index in [2.05, 4.69) is 37.4 Å². The number of aryl methyl sites for hydroxylation is 1. The lowest BCUT2D eigenvalue weighted by atomic mass is 9.85. The van der Waals surface area contributed by atoms with E-state index in [4.69, 9.17) is 0 Å². The number of nitrogens with one attached hydrogen (secondary N) is 1. The van der Waals surface area contributed by atoms with Gasteiger partial charge in [-0.1, -0.05) is 24.6 Å². The largest absolute Gasteiger partial charge is 0.314 e. The van der Waals surface area contributed by atoms with Crippen molar-refractivity contribution >= 4 is 0 Å². The summed E-state index contributed by atoms with van der Waals surface area (Å²) in [5.41, 5.74) is 4.60. The van der Waals surface area contributed by atoms with Crippen molar-refractivity contribution in [2.45, 2.75) is 57.9 Å². The van der Waals surface area contributed by atoms with Crippen molar-refractivity contribution in [2.75, 3.05) is 6.54 Å². The van der Waals surface area contributed by atoms with Gasteiger partial charge in [-0.05, 0) is 74.6 Å². The van der Waals surface area contributed by atoms with E-state index in [9.17, 15) is 0 Å². The summed E-state index contributed by atoms with van der Waals surface area (Å²) in [6, 6.07) is 7.69. The molecular weight excluding hydrogens is 218 g/mol. The first-order valence-corrected chi connectivity index (χ1v) is 7.55. The third kappa shape index (κ3) is 2.47. The molecule has 1 N–H and O–H groups in total. The quantitative estimate of drug-likeness (QED) is 0.844. The van der Waals surface area contributed by atoms with Crippen molar-refractivity contribution in [1.29, 1.82) is 0 Å². The second-order valence-electron chi connectivity index (χ2n) is 6.27. The number of hydrogen-bond acceptors (Lipinski definition) is 1. The average Bonchev–Trinajstić information content (AvgIpc) is 3.08. The topological polar surface area (TPSA) is 12.0 Å². The SMILES string of the molecule is Cc1cccc(C2CCCC2CNC2CC2)c1C. The van der Waals surface area contributed by atoms with Gasteiger partial charge in [0.1, 0.15) is 0 Å². The maximum atomic E-state index is 3.73. The van der Waals surface area contributed by atoms with Crippen LogP contribution in [0.1, 0.15) is 54.7 Å². The Labute approximate surface area is 111 Å². The highest BCUT2D eigenvalue weighted by Crippen LogP contribution is 2.41. The highest BCUT2D eigenvalue weighted by Gasteiger charge is 2.31. The summed E-state index contributed by atoms with van der Waals surface area (Å²) in [5.74, 6) is 1.67. The van der Waals surface area contributed by atoms with Crippen LogP contribution in [0.5, 0.6) is 0 Å². The molecular formula is C17H25N. The Hall–Kier alpha value is -0.820. The molecule has 0 radical (unpaired) electrons. The predicted molar refractivity (Wildman–Crippen MR) is 77.0 cm³/mol. The van der Waals surface area contributed by atoms with Crippen molar-refractivity contribution in [3.05, 3.63) is 34.9 Å². The van der Waals surface area contributed by atoms with Crippen LogP contribution in [0.2, 0.25) is 0 Å². The molecule has 1 aromatic rings. The molecule has 1 nitrogen and oxygen atoms in total. The molecule has 2 fully saturated rings. The minimum atomic E-state index is 0.802. The summed E-state index contributed by atoms with van der Waals surface area (Å²) < 4.78 is 0. The minimum absolute atomic E-state index is 0.802. The van der Waals surface area contributed by atoms with Crippen LogP contribution in [0, 0.1) is 19.8 Å². The Morgan fingerprint density at radius 1 is 1.11 bits per heavy atom. The van der Waals surface area contributed by atoms with Gasteiger partial charge >= 0.3 is 0 Å². The van der Waals surface area contributed by atoms with Gasteiger partial charge in [0.25, 0.3) is 0 Å². The van der Waals surface area contributed by atoms with E-state index in [0.29, 0.717) is 0 Å². The molecule has 3 rings (SSSR count). The molecule has 0 aliphatic heterocycles. The van der Waals surface area contributed by atoms with Crippen LogP contribution in [0.3, 0.4) is 0 Å². The second kappa shape index (κ2) is 5.05. The molecule has 0 amide bonds. The van der Waals surface area contributed by atoms with Crippen molar-refractivity contribution in [3.63, 3.8) is 0 Å². The molecule has 2 aliphatic carbocycles. The van der Waals surface area contributed by atoms with Crippen LogP contribution < -0.4 is 5.32 Å². The Kier molecular flexibility index (Phi) is 3.43. The van der Waals surface area contributed by atoms with Gasteiger partial charge in [0.15, 0.2) is 0 Å². The molecule has 98 valence electrons. The van der Waals surface area contributed by atoms with E-state index in [1.165, 1.54) is 49.8 Å². The molecule has 0 heterocycles. The third-order valence-electron chi connectivity index (χ3n) is 4.95. The zero-order valence-corrected chi connectivity index (χ0v) is 11.7. The molecule has 0 spiro atoms. The Balaban J connectivity index is 1.74. The van der Waals surface area contributed by atoms with E-state index in [-0.39, 0.29) is 0 Å². The Morgan fingerprint density at radius 3 is 2.72 bits per heavy atom. The molecule has 0 bridgehead atoms. The van der Waals surface area contributed by atoms with Gasteiger partial charge in [-0.3, -0.25) is 0 Å². The van der Waals surface area contributed by atoms with Gasteiger partial charge in [-0.25, -0.2) is 0 Å². The minimum Gasteiger partial charge on any atom is -0.314 e.